The van der Waals surface area contributed by atoms with E-state index in [9.17, 15) is 0 Å². The van der Waals surface area contributed by atoms with E-state index in [4.69, 9.17) is 10.5 Å². The van der Waals surface area contributed by atoms with E-state index in [2.05, 4.69) is 10.3 Å². The minimum Gasteiger partial charge on any atom is -0.497 e. The standard InChI is InChI=1S/C13H15N3O/c1-9-7-10(17-2)3-4-12(9)16-13-5-6-15-8-11(13)14/h3-8H,14H2,1-2H3,(H,15,16). The molecular formula is C13H15N3O. The Morgan fingerprint density at radius 2 is 2.06 bits per heavy atom. The largest absolute Gasteiger partial charge is 0.497 e. The maximum Gasteiger partial charge on any atom is 0.119 e. The predicted octanol–water partition coefficient (Wildman–Crippen LogP) is 2.72. The lowest BCUT2D eigenvalue weighted by atomic mass is 10.2. The van der Waals surface area contributed by atoms with Crippen LogP contribution >= 0.6 is 0 Å². The van der Waals surface area contributed by atoms with E-state index >= 15 is 0 Å². The van der Waals surface area contributed by atoms with Crippen LogP contribution in [0.2, 0.25) is 0 Å². The molecule has 0 atom stereocenters. The number of methoxy groups -OCH3 is 1. The van der Waals surface area contributed by atoms with Crippen LogP contribution < -0.4 is 15.8 Å². The molecule has 0 radical (unpaired) electrons. The van der Waals surface area contributed by atoms with Crippen molar-refractivity contribution < 1.29 is 4.74 Å². The molecule has 0 bridgehead atoms. The Balaban J connectivity index is 2.28. The van der Waals surface area contributed by atoms with Gasteiger partial charge in [0.25, 0.3) is 0 Å². The first-order valence-electron chi connectivity index (χ1n) is 5.32. The Bertz CT molecular complexity index is 526. The molecule has 2 rings (SSSR count). The van der Waals surface area contributed by atoms with Crippen molar-refractivity contribution >= 4 is 17.1 Å². The van der Waals surface area contributed by atoms with Crippen LogP contribution in [0.4, 0.5) is 17.1 Å². The summed E-state index contributed by atoms with van der Waals surface area (Å²) in [6.07, 6.45) is 3.33. The Hall–Kier alpha value is -2.23. The number of rotatable bonds is 3. The van der Waals surface area contributed by atoms with Crippen molar-refractivity contribution in [1.82, 2.24) is 4.98 Å². The van der Waals surface area contributed by atoms with Crippen molar-refractivity contribution in [1.29, 1.82) is 0 Å². The van der Waals surface area contributed by atoms with E-state index in [0.717, 1.165) is 22.7 Å². The van der Waals surface area contributed by atoms with Crippen LogP contribution in [0.5, 0.6) is 5.75 Å². The van der Waals surface area contributed by atoms with Crippen molar-refractivity contribution in [2.24, 2.45) is 0 Å². The van der Waals surface area contributed by atoms with Crippen LogP contribution in [0.15, 0.2) is 36.7 Å². The Morgan fingerprint density at radius 1 is 1.24 bits per heavy atom. The molecule has 88 valence electrons. The molecule has 0 fully saturated rings. The maximum absolute atomic E-state index is 5.82. The van der Waals surface area contributed by atoms with Gasteiger partial charge in [-0.2, -0.15) is 0 Å². The minimum absolute atomic E-state index is 0.628. The lowest BCUT2D eigenvalue weighted by Crippen LogP contribution is -1.98. The molecule has 0 aliphatic carbocycles. The Kier molecular flexibility index (Phi) is 3.14. The number of hydrogen-bond donors (Lipinski definition) is 2. The summed E-state index contributed by atoms with van der Waals surface area (Å²) in [5.74, 6) is 0.843. The van der Waals surface area contributed by atoms with Crippen LogP contribution in [-0.4, -0.2) is 12.1 Å². The summed E-state index contributed by atoms with van der Waals surface area (Å²) in [7, 11) is 1.66. The average molecular weight is 229 g/mol. The first kappa shape index (κ1) is 11.3. The van der Waals surface area contributed by atoms with Crippen LogP contribution in [0.3, 0.4) is 0 Å². The van der Waals surface area contributed by atoms with Crippen molar-refractivity contribution in [3.05, 3.63) is 42.2 Å². The highest BCUT2D eigenvalue weighted by molar-refractivity contribution is 5.73. The normalized spacial score (nSPS) is 10.0. The third kappa shape index (κ3) is 2.47. The Morgan fingerprint density at radius 3 is 2.71 bits per heavy atom. The highest BCUT2D eigenvalue weighted by Crippen LogP contribution is 2.26. The van der Waals surface area contributed by atoms with Gasteiger partial charge >= 0.3 is 0 Å². The van der Waals surface area contributed by atoms with Gasteiger partial charge in [-0.15, -0.1) is 0 Å². The lowest BCUT2D eigenvalue weighted by molar-refractivity contribution is 0.414. The number of aromatic nitrogens is 1. The summed E-state index contributed by atoms with van der Waals surface area (Å²) in [5.41, 5.74) is 9.41. The number of nitrogens with one attached hydrogen (secondary N) is 1. The van der Waals surface area contributed by atoms with Gasteiger partial charge in [0.1, 0.15) is 5.75 Å². The zero-order valence-corrected chi connectivity index (χ0v) is 9.90. The summed E-state index contributed by atoms with van der Waals surface area (Å²) < 4.78 is 5.16. The van der Waals surface area contributed by atoms with E-state index in [1.807, 2.05) is 31.2 Å². The van der Waals surface area contributed by atoms with E-state index in [1.54, 1.807) is 19.5 Å². The molecule has 4 nitrogen and oxygen atoms in total. The van der Waals surface area contributed by atoms with Gasteiger partial charge in [-0.05, 0) is 36.8 Å². The van der Waals surface area contributed by atoms with Crippen LogP contribution in [-0.2, 0) is 0 Å². The molecule has 1 aromatic carbocycles. The topological polar surface area (TPSA) is 60.2 Å². The van der Waals surface area contributed by atoms with Gasteiger partial charge in [0.05, 0.1) is 24.7 Å². The number of aryl methyl sites for hydroxylation is 1. The monoisotopic (exact) mass is 229 g/mol. The molecule has 0 unspecified atom stereocenters. The fraction of sp³-hybridized carbons (Fsp3) is 0.154. The summed E-state index contributed by atoms with van der Waals surface area (Å²) in [6, 6.07) is 7.69. The van der Waals surface area contributed by atoms with Gasteiger partial charge < -0.3 is 15.8 Å². The molecule has 0 spiro atoms. The molecule has 1 heterocycles. The van der Waals surface area contributed by atoms with E-state index < -0.39 is 0 Å². The molecular weight excluding hydrogens is 214 g/mol. The second-order valence-corrected chi connectivity index (χ2v) is 3.77. The van der Waals surface area contributed by atoms with Crippen molar-refractivity contribution in [2.75, 3.05) is 18.2 Å². The number of hydrogen-bond acceptors (Lipinski definition) is 4. The summed E-state index contributed by atoms with van der Waals surface area (Å²) in [4.78, 5) is 3.95. The van der Waals surface area contributed by atoms with Gasteiger partial charge in [0, 0.05) is 11.9 Å². The third-order valence-corrected chi connectivity index (χ3v) is 2.55. The number of nitrogen functional groups attached to an aromatic ring is 1. The van der Waals surface area contributed by atoms with Crippen LogP contribution in [0, 0.1) is 6.92 Å². The molecule has 3 N–H and O–H groups in total. The Labute approximate surface area is 100 Å². The van der Waals surface area contributed by atoms with Crippen LogP contribution in [0.1, 0.15) is 5.56 Å². The lowest BCUT2D eigenvalue weighted by Gasteiger charge is -2.12. The van der Waals surface area contributed by atoms with Gasteiger partial charge in [0.2, 0.25) is 0 Å². The van der Waals surface area contributed by atoms with E-state index in [-0.39, 0.29) is 0 Å². The number of benzene rings is 1. The third-order valence-electron chi connectivity index (χ3n) is 2.55. The summed E-state index contributed by atoms with van der Waals surface area (Å²) >= 11 is 0. The number of nitrogens with two attached hydrogens (primary N) is 1. The molecule has 0 amide bonds. The number of anilines is 3. The van der Waals surface area contributed by atoms with Crippen molar-refractivity contribution in [3.63, 3.8) is 0 Å². The van der Waals surface area contributed by atoms with Gasteiger partial charge in [-0.25, -0.2) is 0 Å². The second kappa shape index (κ2) is 4.74. The van der Waals surface area contributed by atoms with Gasteiger partial charge in [-0.1, -0.05) is 0 Å². The summed E-state index contributed by atoms with van der Waals surface area (Å²) in [5, 5.41) is 3.27. The molecule has 4 heteroatoms. The molecule has 0 saturated heterocycles. The SMILES string of the molecule is COc1ccc(Nc2ccncc2N)c(C)c1. The van der Waals surface area contributed by atoms with Crippen molar-refractivity contribution in [2.45, 2.75) is 6.92 Å². The fourth-order valence-electron chi connectivity index (χ4n) is 1.57. The number of pyridine rings is 1. The van der Waals surface area contributed by atoms with Crippen LogP contribution in [0.25, 0.3) is 0 Å². The van der Waals surface area contributed by atoms with Gasteiger partial charge in [-0.3, -0.25) is 4.98 Å². The highest BCUT2D eigenvalue weighted by Gasteiger charge is 2.03. The maximum atomic E-state index is 5.82. The minimum atomic E-state index is 0.628. The average Bonchev–Trinajstić information content (AvgIpc) is 2.34. The highest BCUT2D eigenvalue weighted by atomic mass is 16.5. The quantitative estimate of drug-likeness (QED) is 0.849. The van der Waals surface area contributed by atoms with E-state index in [0.29, 0.717) is 5.69 Å². The van der Waals surface area contributed by atoms with Crippen molar-refractivity contribution in [3.8, 4) is 5.75 Å². The fourth-order valence-corrected chi connectivity index (χ4v) is 1.57. The predicted molar refractivity (Wildman–Crippen MR) is 69.7 cm³/mol. The molecule has 0 saturated carbocycles. The summed E-state index contributed by atoms with van der Waals surface area (Å²) in [6.45, 7) is 2.02. The zero-order valence-electron chi connectivity index (χ0n) is 9.90. The van der Waals surface area contributed by atoms with E-state index in [1.165, 1.54) is 0 Å². The molecule has 0 aliphatic rings. The smallest absolute Gasteiger partial charge is 0.119 e. The first-order valence-corrected chi connectivity index (χ1v) is 5.32. The molecule has 0 aliphatic heterocycles. The molecule has 17 heavy (non-hydrogen) atoms. The van der Waals surface area contributed by atoms with Gasteiger partial charge in [0.15, 0.2) is 0 Å². The molecule has 2 aromatic rings. The second-order valence-electron chi connectivity index (χ2n) is 3.77. The number of nitrogens with zero attached hydrogens (tertiary/aromatic N) is 1. The molecule has 1 aromatic heterocycles. The number of ether oxygens (including phenoxy) is 1. The first-order chi connectivity index (χ1) is 8.20. The zero-order chi connectivity index (χ0) is 12.3.